The van der Waals surface area contributed by atoms with Crippen LogP contribution < -0.4 is 11.1 Å². The summed E-state index contributed by atoms with van der Waals surface area (Å²) in [5.41, 5.74) is 5.56. The molecule has 1 aromatic rings. The Kier molecular flexibility index (Phi) is 3.84. The molecule has 19 heavy (non-hydrogen) atoms. The Bertz CT molecular complexity index is 479. The first-order valence-electron chi connectivity index (χ1n) is 6.32. The number of nitrogens with zero attached hydrogens (tertiary/aromatic N) is 3. The van der Waals surface area contributed by atoms with E-state index in [1.807, 2.05) is 0 Å². The van der Waals surface area contributed by atoms with Gasteiger partial charge in [0.15, 0.2) is 0 Å². The molecule has 7 heteroatoms. The van der Waals surface area contributed by atoms with Gasteiger partial charge in [-0.05, 0) is 25.9 Å². The van der Waals surface area contributed by atoms with Gasteiger partial charge in [-0.25, -0.2) is 4.98 Å². The van der Waals surface area contributed by atoms with E-state index in [4.69, 9.17) is 5.73 Å². The molecule has 104 valence electrons. The Hall–Kier alpha value is -1.89. The van der Waals surface area contributed by atoms with Gasteiger partial charge in [0.1, 0.15) is 11.6 Å². The zero-order valence-electron chi connectivity index (χ0n) is 11.2. The Morgan fingerprint density at radius 3 is 2.95 bits per heavy atom. The smallest absolute Gasteiger partial charge is 0.276 e. The molecule has 7 nitrogen and oxygen atoms in total. The first-order chi connectivity index (χ1) is 8.95. The molecule has 1 saturated heterocycles. The number of likely N-dealkylation sites (tertiary alicyclic amines) is 1. The van der Waals surface area contributed by atoms with Crippen molar-refractivity contribution in [1.29, 1.82) is 0 Å². The number of nitrogens with two attached hydrogens (primary N) is 1. The maximum absolute atomic E-state index is 10.8. The number of pyridine rings is 1. The van der Waals surface area contributed by atoms with E-state index in [-0.39, 0.29) is 17.5 Å². The molecule has 0 amide bonds. The monoisotopic (exact) mass is 265 g/mol. The molecule has 1 aliphatic heterocycles. The standard InChI is InChI=1S/C12H19N5O2/c1-8-7-16(2)4-3-10(8)14-12-6-9(17(18)19)5-11(13)15-12/h5-6,8,10H,3-4,7H2,1-2H3,(H3,13,14,15). The van der Waals surface area contributed by atoms with Crippen molar-refractivity contribution in [2.75, 3.05) is 31.2 Å². The van der Waals surface area contributed by atoms with Crippen LogP contribution in [-0.4, -0.2) is 41.0 Å². The normalized spacial score (nSPS) is 24.1. The van der Waals surface area contributed by atoms with Crippen LogP contribution in [0.4, 0.5) is 17.3 Å². The second-order valence-corrected chi connectivity index (χ2v) is 5.17. The van der Waals surface area contributed by atoms with Gasteiger partial charge >= 0.3 is 0 Å². The summed E-state index contributed by atoms with van der Waals surface area (Å²) in [5.74, 6) is 1.10. The van der Waals surface area contributed by atoms with Gasteiger partial charge in [0, 0.05) is 12.6 Å². The molecule has 1 aromatic heterocycles. The Balaban J connectivity index is 2.12. The fourth-order valence-corrected chi connectivity index (χ4v) is 2.47. The van der Waals surface area contributed by atoms with Crippen LogP contribution in [0, 0.1) is 16.0 Å². The summed E-state index contributed by atoms with van der Waals surface area (Å²) in [5, 5.41) is 14.1. The molecule has 0 radical (unpaired) electrons. The summed E-state index contributed by atoms with van der Waals surface area (Å²) in [6.45, 7) is 4.17. The highest BCUT2D eigenvalue weighted by Gasteiger charge is 2.24. The molecule has 2 rings (SSSR count). The molecule has 0 aromatic carbocycles. The minimum absolute atomic E-state index is 0.0319. The van der Waals surface area contributed by atoms with Gasteiger partial charge in [0.25, 0.3) is 5.69 Å². The van der Waals surface area contributed by atoms with Gasteiger partial charge in [0.05, 0.1) is 17.1 Å². The van der Waals surface area contributed by atoms with Gasteiger partial charge in [-0.2, -0.15) is 0 Å². The topological polar surface area (TPSA) is 97.3 Å². The van der Waals surface area contributed by atoms with Crippen molar-refractivity contribution in [1.82, 2.24) is 9.88 Å². The van der Waals surface area contributed by atoms with Crippen molar-refractivity contribution in [3.8, 4) is 0 Å². The maximum Gasteiger partial charge on any atom is 0.276 e. The molecular formula is C12H19N5O2. The SMILES string of the molecule is CC1CN(C)CCC1Nc1cc([N+](=O)[O-])cc(N)n1. The molecule has 0 aliphatic carbocycles. The molecule has 2 unspecified atom stereocenters. The summed E-state index contributed by atoms with van der Waals surface area (Å²) in [4.78, 5) is 16.7. The zero-order chi connectivity index (χ0) is 14.0. The second-order valence-electron chi connectivity index (χ2n) is 5.17. The van der Waals surface area contributed by atoms with Crippen molar-refractivity contribution in [2.45, 2.75) is 19.4 Å². The molecule has 0 spiro atoms. The van der Waals surface area contributed by atoms with E-state index < -0.39 is 4.92 Å². The van der Waals surface area contributed by atoms with E-state index in [0.29, 0.717) is 11.7 Å². The summed E-state index contributed by atoms with van der Waals surface area (Å²) in [7, 11) is 2.09. The highest BCUT2D eigenvalue weighted by molar-refractivity contribution is 5.53. The average molecular weight is 265 g/mol. The summed E-state index contributed by atoms with van der Waals surface area (Å²) < 4.78 is 0. The van der Waals surface area contributed by atoms with Crippen LogP contribution in [-0.2, 0) is 0 Å². The molecular weight excluding hydrogens is 246 g/mol. The number of hydrogen-bond acceptors (Lipinski definition) is 6. The third-order valence-electron chi connectivity index (χ3n) is 3.48. The van der Waals surface area contributed by atoms with E-state index in [1.165, 1.54) is 12.1 Å². The number of aromatic nitrogens is 1. The van der Waals surface area contributed by atoms with Crippen LogP contribution in [0.3, 0.4) is 0 Å². The lowest BCUT2D eigenvalue weighted by molar-refractivity contribution is -0.384. The third-order valence-corrected chi connectivity index (χ3v) is 3.48. The highest BCUT2D eigenvalue weighted by atomic mass is 16.6. The van der Waals surface area contributed by atoms with Crippen molar-refractivity contribution >= 4 is 17.3 Å². The highest BCUT2D eigenvalue weighted by Crippen LogP contribution is 2.23. The van der Waals surface area contributed by atoms with Crippen molar-refractivity contribution < 1.29 is 4.92 Å². The molecule has 2 heterocycles. The fraction of sp³-hybridized carbons (Fsp3) is 0.583. The quantitative estimate of drug-likeness (QED) is 0.632. The number of nitrogens with one attached hydrogen (secondary N) is 1. The first-order valence-corrected chi connectivity index (χ1v) is 6.32. The third kappa shape index (κ3) is 3.31. The second kappa shape index (κ2) is 5.40. The lowest BCUT2D eigenvalue weighted by Gasteiger charge is -2.35. The molecule has 2 atom stereocenters. The van der Waals surface area contributed by atoms with Gasteiger partial charge in [-0.3, -0.25) is 10.1 Å². The number of nitrogen functional groups attached to an aromatic ring is 1. The molecule has 0 bridgehead atoms. The number of hydrogen-bond donors (Lipinski definition) is 2. The Morgan fingerprint density at radius 2 is 2.32 bits per heavy atom. The number of nitro groups is 1. The van der Waals surface area contributed by atoms with Crippen LogP contribution >= 0.6 is 0 Å². The largest absolute Gasteiger partial charge is 0.383 e. The molecule has 3 N–H and O–H groups in total. The van der Waals surface area contributed by atoms with E-state index in [0.717, 1.165) is 19.5 Å². The van der Waals surface area contributed by atoms with E-state index in [9.17, 15) is 10.1 Å². The first kappa shape index (κ1) is 13.5. The summed E-state index contributed by atoms with van der Waals surface area (Å²) in [6, 6.07) is 2.97. The van der Waals surface area contributed by atoms with Crippen LogP contribution in [0.1, 0.15) is 13.3 Å². The maximum atomic E-state index is 10.8. The summed E-state index contributed by atoms with van der Waals surface area (Å²) in [6.07, 6.45) is 0.988. The van der Waals surface area contributed by atoms with Gasteiger partial charge in [-0.15, -0.1) is 0 Å². The zero-order valence-corrected chi connectivity index (χ0v) is 11.2. The molecule has 1 aliphatic rings. The predicted octanol–water partition coefficient (Wildman–Crippen LogP) is 1.32. The lowest BCUT2D eigenvalue weighted by Crippen LogP contribution is -2.43. The average Bonchev–Trinajstić information content (AvgIpc) is 2.32. The van der Waals surface area contributed by atoms with E-state index in [1.54, 1.807) is 0 Å². The van der Waals surface area contributed by atoms with Gasteiger partial charge < -0.3 is 16.0 Å². The van der Waals surface area contributed by atoms with Crippen molar-refractivity contribution in [3.05, 3.63) is 22.2 Å². The molecule has 0 saturated carbocycles. The van der Waals surface area contributed by atoms with Crippen LogP contribution in [0.15, 0.2) is 12.1 Å². The Morgan fingerprint density at radius 1 is 1.58 bits per heavy atom. The lowest BCUT2D eigenvalue weighted by atomic mass is 9.94. The van der Waals surface area contributed by atoms with Crippen molar-refractivity contribution in [3.63, 3.8) is 0 Å². The fourth-order valence-electron chi connectivity index (χ4n) is 2.47. The minimum Gasteiger partial charge on any atom is -0.383 e. The molecule has 1 fully saturated rings. The van der Waals surface area contributed by atoms with Crippen LogP contribution in [0.25, 0.3) is 0 Å². The summed E-state index contributed by atoms with van der Waals surface area (Å²) >= 11 is 0. The van der Waals surface area contributed by atoms with Crippen LogP contribution in [0.5, 0.6) is 0 Å². The number of piperidine rings is 1. The number of rotatable bonds is 3. The van der Waals surface area contributed by atoms with Gasteiger partial charge in [-0.1, -0.05) is 6.92 Å². The Labute approximate surface area is 112 Å². The minimum atomic E-state index is -0.457. The van der Waals surface area contributed by atoms with Crippen LogP contribution in [0.2, 0.25) is 0 Å². The predicted molar refractivity (Wildman–Crippen MR) is 74.0 cm³/mol. The van der Waals surface area contributed by atoms with E-state index >= 15 is 0 Å². The van der Waals surface area contributed by atoms with Crippen molar-refractivity contribution in [2.24, 2.45) is 5.92 Å². The van der Waals surface area contributed by atoms with E-state index in [2.05, 4.69) is 29.2 Å². The number of anilines is 2. The van der Waals surface area contributed by atoms with Gasteiger partial charge in [0.2, 0.25) is 0 Å².